The van der Waals surface area contributed by atoms with E-state index in [1.165, 1.54) is 0 Å². The predicted molar refractivity (Wildman–Crippen MR) is 58.1 cm³/mol. The number of amides is 1. The highest BCUT2D eigenvalue weighted by Crippen LogP contribution is 2.52. The van der Waals surface area contributed by atoms with Crippen LogP contribution in [0.1, 0.15) is 38.5 Å². The second kappa shape index (κ2) is 3.43. The van der Waals surface area contributed by atoms with E-state index in [4.69, 9.17) is 0 Å². The van der Waals surface area contributed by atoms with Crippen molar-refractivity contribution in [1.82, 2.24) is 4.72 Å². The molecule has 6 heteroatoms. The van der Waals surface area contributed by atoms with E-state index >= 15 is 0 Å². The molecular weight excluding hydrogens is 230 g/mol. The predicted octanol–water partition coefficient (Wildman–Crippen LogP) is 0.147. The van der Waals surface area contributed by atoms with Gasteiger partial charge >= 0.3 is 0 Å². The van der Waals surface area contributed by atoms with Crippen molar-refractivity contribution in [2.45, 2.75) is 44.1 Å². The Kier molecular flexibility index (Phi) is 2.54. The number of hydrogen-bond acceptors (Lipinski definition) is 4. The number of rotatable bonds is 2. The number of nitrogens with one attached hydrogen (secondary N) is 1. The van der Waals surface area contributed by atoms with Crippen LogP contribution in [-0.2, 0) is 14.8 Å². The van der Waals surface area contributed by atoms with Gasteiger partial charge in [-0.2, -0.15) is 0 Å². The van der Waals surface area contributed by atoms with Crippen LogP contribution in [0.5, 0.6) is 0 Å². The van der Waals surface area contributed by atoms with E-state index in [-0.39, 0.29) is 0 Å². The summed E-state index contributed by atoms with van der Waals surface area (Å²) in [5.74, 6) is -0.392. The minimum atomic E-state index is -3.48. The number of fused-ring (bicyclic) bond motifs is 3. The normalized spacial score (nSPS) is 38.4. The second-order valence-corrected chi connectivity index (χ2v) is 6.96. The molecular formula is C10H17NO4S. The molecule has 0 saturated heterocycles. The van der Waals surface area contributed by atoms with E-state index in [1.54, 1.807) is 0 Å². The van der Waals surface area contributed by atoms with Crippen molar-refractivity contribution in [1.29, 1.82) is 0 Å². The van der Waals surface area contributed by atoms with Crippen LogP contribution >= 0.6 is 0 Å². The Morgan fingerprint density at radius 1 is 1.12 bits per heavy atom. The zero-order valence-corrected chi connectivity index (χ0v) is 10.1. The lowest BCUT2D eigenvalue weighted by atomic mass is 9.58. The highest BCUT2D eigenvalue weighted by atomic mass is 32.2. The molecule has 0 spiro atoms. The summed E-state index contributed by atoms with van der Waals surface area (Å²) in [6, 6.07) is 0. The number of aliphatic hydroxyl groups is 1. The molecule has 3 rings (SSSR count). The van der Waals surface area contributed by atoms with Crippen molar-refractivity contribution in [3.63, 3.8) is 0 Å². The fourth-order valence-electron chi connectivity index (χ4n) is 2.78. The summed E-state index contributed by atoms with van der Waals surface area (Å²) < 4.78 is 24.1. The maximum absolute atomic E-state index is 11.9. The molecule has 0 aliphatic heterocycles. The maximum Gasteiger partial charge on any atom is 0.239 e. The Morgan fingerprint density at radius 3 is 1.94 bits per heavy atom. The molecule has 0 atom stereocenters. The van der Waals surface area contributed by atoms with Crippen LogP contribution in [0.15, 0.2) is 0 Å². The van der Waals surface area contributed by atoms with Crippen molar-refractivity contribution < 1.29 is 18.3 Å². The quantitative estimate of drug-likeness (QED) is 0.727. The molecule has 3 aliphatic rings. The van der Waals surface area contributed by atoms with Crippen LogP contribution in [-0.4, -0.2) is 31.3 Å². The fourth-order valence-corrected chi connectivity index (χ4v) is 3.34. The van der Waals surface area contributed by atoms with Gasteiger partial charge in [0.05, 0.1) is 17.3 Å². The number of sulfonamides is 1. The first-order valence-corrected chi connectivity index (χ1v) is 7.39. The molecule has 5 nitrogen and oxygen atoms in total. The van der Waals surface area contributed by atoms with Gasteiger partial charge in [0.2, 0.25) is 15.9 Å². The molecule has 0 aromatic heterocycles. The molecule has 1 amide bonds. The average molecular weight is 247 g/mol. The topological polar surface area (TPSA) is 83.5 Å². The first-order valence-electron chi connectivity index (χ1n) is 5.49. The van der Waals surface area contributed by atoms with Crippen LogP contribution in [0.25, 0.3) is 0 Å². The minimum absolute atomic E-state index is 0.392. The molecule has 3 saturated carbocycles. The third-order valence-corrected chi connectivity index (χ3v) is 4.52. The monoisotopic (exact) mass is 247 g/mol. The van der Waals surface area contributed by atoms with E-state index < -0.39 is 26.9 Å². The average Bonchev–Trinajstić information content (AvgIpc) is 2.16. The highest BCUT2D eigenvalue weighted by Gasteiger charge is 2.52. The van der Waals surface area contributed by atoms with Gasteiger partial charge in [0, 0.05) is 0 Å². The third-order valence-electron chi connectivity index (χ3n) is 3.97. The van der Waals surface area contributed by atoms with E-state index in [0.29, 0.717) is 38.5 Å². The summed E-state index contributed by atoms with van der Waals surface area (Å²) in [5, 5.41) is 10.00. The largest absolute Gasteiger partial charge is 0.390 e. The van der Waals surface area contributed by atoms with Gasteiger partial charge in [-0.25, -0.2) is 8.42 Å². The van der Waals surface area contributed by atoms with Crippen LogP contribution < -0.4 is 4.72 Å². The Balaban J connectivity index is 2.13. The number of hydrogen-bond donors (Lipinski definition) is 2. The Bertz CT molecular complexity index is 390. The van der Waals surface area contributed by atoms with Crippen molar-refractivity contribution in [3.8, 4) is 0 Å². The second-order valence-electron chi connectivity index (χ2n) is 5.21. The van der Waals surface area contributed by atoms with Gasteiger partial charge in [-0.1, -0.05) is 0 Å². The lowest BCUT2D eigenvalue weighted by Crippen LogP contribution is -2.53. The lowest BCUT2D eigenvalue weighted by Gasteiger charge is -2.49. The molecule has 2 bridgehead atoms. The molecule has 0 unspecified atom stereocenters. The first-order chi connectivity index (χ1) is 7.25. The van der Waals surface area contributed by atoms with Crippen molar-refractivity contribution in [2.24, 2.45) is 5.41 Å². The van der Waals surface area contributed by atoms with Crippen molar-refractivity contribution in [3.05, 3.63) is 0 Å². The molecule has 0 aromatic carbocycles. The molecule has 0 aromatic rings. The summed E-state index contributed by atoms with van der Waals surface area (Å²) >= 11 is 0. The van der Waals surface area contributed by atoms with Gasteiger partial charge in [-0.05, 0) is 38.5 Å². The zero-order valence-electron chi connectivity index (χ0n) is 9.32. The summed E-state index contributed by atoms with van der Waals surface area (Å²) in [5.41, 5.74) is -1.17. The summed E-state index contributed by atoms with van der Waals surface area (Å²) in [4.78, 5) is 11.9. The van der Waals surface area contributed by atoms with E-state index in [9.17, 15) is 18.3 Å². The number of carbonyl (C=O) groups is 1. The molecule has 0 heterocycles. The van der Waals surface area contributed by atoms with Gasteiger partial charge in [-0.3, -0.25) is 9.52 Å². The smallest absolute Gasteiger partial charge is 0.239 e. The molecule has 3 fully saturated rings. The maximum atomic E-state index is 11.9. The van der Waals surface area contributed by atoms with Crippen LogP contribution in [0, 0.1) is 5.41 Å². The molecule has 16 heavy (non-hydrogen) atoms. The van der Waals surface area contributed by atoms with E-state index in [1.807, 2.05) is 0 Å². The number of carbonyl (C=O) groups excluding carboxylic acids is 1. The minimum Gasteiger partial charge on any atom is -0.390 e. The van der Waals surface area contributed by atoms with Crippen molar-refractivity contribution >= 4 is 15.9 Å². The summed E-state index contributed by atoms with van der Waals surface area (Å²) in [6.07, 6.45) is 4.56. The Labute approximate surface area is 95.3 Å². The van der Waals surface area contributed by atoms with Crippen LogP contribution in [0.4, 0.5) is 0 Å². The zero-order chi connectivity index (χ0) is 12.0. The van der Waals surface area contributed by atoms with Gasteiger partial charge in [0.15, 0.2) is 0 Å². The Hall–Kier alpha value is -0.620. The van der Waals surface area contributed by atoms with E-state index in [0.717, 1.165) is 6.26 Å². The van der Waals surface area contributed by atoms with Gasteiger partial charge in [-0.15, -0.1) is 0 Å². The SMILES string of the molecule is CS(=O)(=O)NC(=O)C12CCC(O)(CC1)CC2. The summed E-state index contributed by atoms with van der Waals surface area (Å²) in [7, 11) is -3.48. The van der Waals surface area contributed by atoms with Crippen LogP contribution in [0.3, 0.4) is 0 Å². The van der Waals surface area contributed by atoms with E-state index in [2.05, 4.69) is 4.72 Å². The highest BCUT2D eigenvalue weighted by molar-refractivity contribution is 7.89. The molecule has 3 aliphatic carbocycles. The van der Waals surface area contributed by atoms with Gasteiger partial charge in [0.25, 0.3) is 0 Å². The third kappa shape index (κ3) is 2.08. The lowest BCUT2D eigenvalue weighted by molar-refractivity contribution is -0.145. The fraction of sp³-hybridized carbons (Fsp3) is 0.900. The van der Waals surface area contributed by atoms with Crippen molar-refractivity contribution in [2.75, 3.05) is 6.26 Å². The molecule has 92 valence electrons. The Morgan fingerprint density at radius 2 is 1.56 bits per heavy atom. The summed E-state index contributed by atoms with van der Waals surface area (Å²) in [6.45, 7) is 0. The van der Waals surface area contributed by atoms with Crippen LogP contribution in [0.2, 0.25) is 0 Å². The van der Waals surface area contributed by atoms with Gasteiger partial charge < -0.3 is 5.11 Å². The standard InChI is InChI=1S/C10H17NO4S/c1-16(14,15)11-8(12)9-2-5-10(13,6-3-9)7-4-9/h13H,2-7H2,1H3,(H,11,12). The molecule has 0 radical (unpaired) electrons. The van der Waals surface area contributed by atoms with Gasteiger partial charge in [0.1, 0.15) is 0 Å². The first kappa shape index (κ1) is 11.9. The molecule has 2 N–H and O–H groups in total.